The number of halogens is 1. The number of rotatable bonds is 6. The Hall–Kier alpha value is -2.53. The Kier molecular flexibility index (Phi) is 6.75. The van der Waals surface area contributed by atoms with Crippen LogP contribution in [0, 0.1) is 0 Å². The molecule has 1 saturated heterocycles. The number of nitrogens with zero attached hydrogens (tertiary/aromatic N) is 3. The van der Waals surface area contributed by atoms with Crippen LogP contribution < -0.4 is 10.1 Å². The summed E-state index contributed by atoms with van der Waals surface area (Å²) in [6, 6.07) is 13.3. The van der Waals surface area contributed by atoms with Crippen molar-refractivity contribution in [3.63, 3.8) is 0 Å². The zero-order chi connectivity index (χ0) is 22.7. The summed E-state index contributed by atoms with van der Waals surface area (Å²) in [4.78, 5) is 12.7. The number of nitrogens with one attached hydrogen (secondary N) is 1. The van der Waals surface area contributed by atoms with Crippen molar-refractivity contribution in [2.45, 2.75) is 23.7 Å². The molecule has 0 saturated carbocycles. The second kappa shape index (κ2) is 9.53. The van der Waals surface area contributed by atoms with E-state index in [-0.39, 0.29) is 21.7 Å². The number of carbonyl (C=O) groups is 1. The van der Waals surface area contributed by atoms with Gasteiger partial charge in [0.25, 0.3) is 5.91 Å². The molecular weight excluding hydrogens is 472 g/mol. The summed E-state index contributed by atoms with van der Waals surface area (Å²) in [6.07, 6.45) is 1.21. The van der Waals surface area contributed by atoms with Gasteiger partial charge in [-0.1, -0.05) is 29.0 Å². The molecule has 1 aliphatic heterocycles. The van der Waals surface area contributed by atoms with Gasteiger partial charge in [0.05, 0.1) is 12.0 Å². The summed E-state index contributed by atoms with van der Waals surface area (Å²) in [5, 5.41) is 12.4. The summed E-state index contributed by atoms with van der Waals surface area (Å²) < 4.78 is 32.3. The van der Waals surface area contributed by atoms with Crippen LogP contribution >= 0.6 is 22.9 Å². The van der Waals surface area contributed by atoms with Crippen molar-refractivity contribution in [1.29, 1.82) is 0 Å². The maximum Gasteiger partial charge on any atom is 0.286 e. The third kappa shape index (κ3) is 4.93. The highest BCUT2D eigenvalue weighted by molar-refractivity contribution is 7.89. The molecule has 1 amide bonds. The minimum Gasteiger partial charge on any atom is -0.497 e. The number of sulfonamides is 1. The molecule has 0 spiro atoms. The van der Waals surface area contributed by atoms with E-state index in [1.807, 2.05) is 0 Å². The topological polar surface area (TPSA) is 101 Å². The third-order valence-electron chi connectivity index (χ3n) is 5.22. The van der Waals surface area contributed by atoms with Gasteiger partial charge < -0.3 is 10.1 Å². The standard InChI is InChI=1S/C21H21ClN4O4S2/c1-30-17-7-5-16(6-8-17)23-19(27)21-25-24-20(31-21)14-9-11-26(12-10-14)32(28,29)18-4-2-3-15(22)13-18/h2-8,13-14H,9-12H2,1H3,(H,23,27). The molecule has 0 aliphatic carbocycles. The van der Waals surface area contributed by atoms with Crippen LogP contribution in [-0.2, 0) is 10.0 Å². The van der Waals surface area contributed by atoms with Crippen molar-refractivity contribution in [3.8, 4) is 5.75 Å². The fourth-order valence-electron chi connectivity index (χ4n) is 3.47. The molecule has 0 radical (unpaired) electrons. The lowest BCUT2D eigenvalue weighted by Gasteiger charge is -2.30. The molecule has 1 aromatic heterocycles. The first-order valence-electron chi connectivity index (χ1n) is 9.91. The lowest BCUT2D eigenvalue weighted by Crippen LogP contribution is -2.37. The Morgan fingerprint density at radius 2 is 1.88 bits per heavy atom. The monoisotopic (exact) mass is 492 g/mol. The number of hydrogen-bond donors (Lipinski definition) is 1. The molecular formula is C21H21ClN4O4S2. The predicted molar refractivity (Wildman–Crippen MR) is 123 cm³/mol. The molecule has 4 rings (SSSR count). The van der Waals surface area contributed by atoms with Gasteiger partial charge in [-0.25, -0.2) is 8.42 Å². The van der Waals surface area contributed by atoms with Gasteiger partial charge in [0, 0.05) is 29.7 Å². The lowest BCUT2D eigenvalue weighted by atomic mass is 9.99. The van der Waals surface area contributed by atoms with Crippen molar-refractivity contribution in [2.75, 3.05) is 25.5 Å². The summed E-state index contributed by atoms with van der Waals surface area (Å²) in [5.74, 6) is 0.422. The second-order valence-electron chi connectivity index (χ2n) is 7.26. The average molecular weight is 493 g/mol. The van der Waals surface area contributed by atoms with E-state index in [0.717, 1.165) is 5.01 Å². The SMILES string of the molecule is COc1ccc(NC(=O)c2nnc(C3CCN(S(=O)(=O)c4cccc(Cl)c4)CC3)s2)cc1. The van der Waals surface area contributed by atoms with Crippen molar-refractivity contribution in [3.05, 3.63) is 63.6 Å². The Labute approximate surface area is 195 Å². The fourth-order valence-corrected chi connectivity index (χ4v) is 6.15. The predicted octanol–water partition coefficient (Wildman–Crippen LogP) is 4.02. The van der Waals surface area contributed by atoms with E-state index in [2.05, 4.69) is 15.5 Å². The highest BCUT2D eigenvalue weighted by atomic mass is 35.5. The van der Waals surface area contributed by atoms with Crippen LogP contribution in [0.5, 0.6) is 5.75 Å². The van der Waals surface area contributed by atoms with E-state index in [9.17, 15) is 13.2 Å². The summed E-state index contributed by atoms with van der Waals surface area (Å²) in [7, 11) is -2.02. The van der Waals surface area contributed by atoms with E-state index in [4.69, 9.17) is 16.3 Å². The fraction of sp³-hybridized carbons (Fsp3) is 0.286. The van der Waals surface area contributed by atoms with Gasteiger partial charge >= 0.3 is 0 Å². The largest absolute Gasteiger partial charge is 0.497 e. The lowest BCUT2D eigenvalue weighted by molar-refractivity contribution is 0.102. The zero-order valence-electron chi connectivity index (χ0n) is 17.2. The highest BCUT2D eigenvalue weighted by Crippen LogP contribution is 2.33. The molecule has 1 aliphatic rings. The minimum atomic E-state index is -3.59. The second-order valence-corrected chi connectivity index (χ2v) is 10.6. The number of benzene rings is 2. The van der Waals surface area contributed by atoms with Gasteiger partial charge in [-0.05, 0) is 55.3 Å². The number of amides is 1. The first-order valence-corrected chi connectivity index (χ1v) is 12.5. The van der Waals surface area contributed by atoms with Gasteiger partial charge in [-0.15, -0.1) is 10.2 Å². The number of piperidine rings is 1. The first-order chi connectivity index (χ1) is 15.4. The van der Waals surface area contributed by atoms with E-state index in [1.165, 1.54) is 21.7 Å². The van der Waals surface area contributed by atoms with Crippen LogP contribution in [0.2, 0.25) is 5.02 Å². The van der Waals surface area contributed by atoms with Crippen molar-refractivity contribution < 1.29 is 17.9 Å². The number of hydrogen-bond acceptors (Lipinski definition) is 7. The van der Waals surface area contributed by atoms with Crippen molar-refractivity contribution in [2.24, 2.45) is 0 Å². The Bertz CT molecular complexity index is 1210. The van der Waals surface area contributed by atoms with Crippen LogP contribution in [0.15, 0.2) is 53.4 Å². The Morgan fingerprint density at radius 1 is 1.16 bits per heavy atom. The third-order valence-corrected chi connectivity index (χ3v) is 8.43. The molecule has 0 bridgehead atoms. The van der Waals surface area contributed by atoms with Crippen LogP contribution in [0.1, 0.15) is 33.6 Å². The molecule has 0 unspecified atom stereocenters. The maximum atomic E-state index is 12.9. The zero-order valence-corrected chi connectivity index (χ0v) is 19.6. The summed E-state index contributed by atoms with van der Waals surface area (Å²) in [6.45, 7) is 0.735. The normalized spacial score (nSPS) is 15.4. The summed E-state index contributed by atoms with van der Waals surface area (Å²) in [5.41, 5.74) is 0.632. The maximum absolute atomic E-state index is 12.9. The number of ether oxygens (including phenoxy) is 1. The smallest absolute Gasteiger partial charge is 0.286 e. The summed E-state index contributed by atoms with van der Waals surface area (Å²) >= 11 is 7.19. The molecule has 3 aromatic rings. The van der Waals surface area contributed by atoms with E-state index in [0.29, 0.717) is 42.4 Å². The Morgan fingerprint density at radius 3 is 2.53 bits per heavy atom. The Balaban J connectivity index is 1.37. The number of methoxy groups -OCH3 is 1. The van der Waals surface area contributed by atoms with Gasteiger partial charge in [0.1, 0.15) is 10.8 Å². The van der Waals surface area contributed by atoms with E-state index < -0.39 is 10.0 Å². The molecule has 8 nitrogen and oxygen atoms in total. The molecule has 0 atom stereocenters. The van der Waals surface area contributed by atoms with E-state index >= 15 is 0 Å². The van der Waals surface area contributed by atoms with Crippen LogP contribution in [0.3, 0.4) is 0 Å². The quantitative estimate of drug-likeness (QED) is 0.557. The molecule has 2 heterocycles. The first kappa shape index (κ1) is 22.7. The van der Waals surface area contributed by atoms with Crippen LogP contribution in [-0.4, -0.2) is 49.0 Å². The molecule has 32 heavy (non-hydrogen) atoms. The molecule has 2 aromatic carbocycles. The van der Waals surface area contributed by atoms with Crippen molar-refractivity contribution in [1.82, 2.24) is 14.5 Å². The van der Waals surface area contributed by atoms with Crippen LogP contribution in [0.4, 0.5) is 5.69 Å². The molecule has 168 valence electrons. The number of aromatic nitrogens is 2. The number of carbonyl (C=O) groups excluding carboxylic acids is 1. The average Bonchev–Trinajstić information content (AvgIpc) is 3.30. The van der Waals surface area contributed by atoms with Gasteiger partial charge in [0.2, 0.25) is 15.0 Å². The molecule has 1 N–H and O–H groups in total. The van der Waals surface area contributed by atoms with Gasteiger partial charge in [-0.2, -0.15) is 4.31 Å². The van der Waals surface area contributed by atoms with Gasteiger partial charge in [0.15, 0.2) is 0 Å². The van der Waals surface area contributed by atoms with Crippen LogP contribution in [0.25, 0.3) is 0 Å². The highest BCUT2D eigenvalue weighted by Gasteiger charge is 2.31. The van der Waals surface area contributed by atoms with Crippen molar-refractivity contribution >= 4 is 44.6 Å². The molecule has 1 fully saturated rings. The number of anilines is 1. The minimum absolute atomic E-state index is 0.0563. The van der Waals surface area contributed by atoms with E-state index in [1.54, 1.807) is 49.6 Å². The molecule has 11 heteroatoms. The van der Waals surface area contributed by atoms with Gasteiger partial charge in [-0.3, -0.25) is 4.79 Å².